The summed E-state index contributed by atoms with van der Waals surface area (Å²) in [5.74, 6) is 0.911. The van der Waals surface area contributed by atoms with E-state index in [-0.39, 0.29) is 11.8 Å². The second kappa shape index (κ2) is 4.99. The largest absolute Gasteiger partial charge is 0.369 e. The zero-order valence-corrected chi connectivity index (χ0v) is 12.6. The van der Waals surface area contributed by atoms with Gasteiger partial charge < -0.3 is 15.6 Å². The average molecular weight is 370 g/mol. The molecule has 6 heteroatoms. The van der Waals surface area contributed by atoms with E-state index in [1.165, 1.54) is 0 Å². The lowest BCUT2D eigenvalue weighted by Gasteiger charge is -2.07. The highest BCUT2D eigenvalue weighted by molar-refractivity contribution is 14.1. The predicted molar refractivity (Wildman–Crippen MR) is 82.6 cm³/mol. The van der Waals surface area contributed by atoms with Crippen molar-refractivity contribution in [1.29, 1.82) is 0 Å². The van der Waals surface area contributed by atoms with Gasteiger partial charge in [-0.3, -0.25) is 4.79 Å². The van der Waals surface area contributed by atoms with Crippen molar-refractivity contribution in [2.24, 2.45) is 5.92 Å². The summed E-state index contributed by atoms with van der Waals surface area (Å²) in [5.41, 5.74) is 7.84. The molecule has 19 heavy (non-hydrogen) atoms. The Labute approximate surface area is 124 Å². The summed E-state index contributed by atoms with van der Waals surface area (Å²) in [5, 5.41) is 2.94. The van der Waals surface area contributed by atoms with Crippen LogP contribution in [0.3, 0.4) is 0 Å². The molecule has 2 aromatic rings. The van der Waals surface area contributed by atoms with Gasteiger partial charge in [0.15, 0.2) is 0 Å². The molecule has 5 nitrogen and oxygen atoms in total. The van der Waals surface area contributed by atoms with E-state index < -0.39 is 0 Å². The van der Waals surface area contributed by atoms with E-state index in [4.69, 9.17) is 5.73 Å². The predicted octanol–water partition coefficient (Wildman–Crippen LogP) is 1.75. The topological polar surface area (TPSA) is 72.9 Å². The van der Waals surface area contributed by atoms with Crippen molar-refractivity contribution in [2.75, 3.05) is 12.3 Å². The van der Waals surface area contributed by atoms with Gasteiger partial charge in [0, 0.05) is 22.6 Å². The lowest BCUT2D eigenvalue weighted by Crippen LogP contribution is -2.28. The van der Waals surface area contributed by atoms with Crippen molar-refractivity contribution in [3.8, 4) is 0 Å². The number of nitrogens with two attached hydrogens (primary N) is 1. The zero-order chi connectivity index (χ0) is 13.4. The number of halogens is 1. The van der Waals surface area contributed by atoms with Crippen LogP contribution in [0.25, 0.3) is 11.0 Å². The second-order valence-electron chi connectivity index (χ2n) is 4.82. The highest BCUT2D eigenvalue weighted by Crippen LogP contribution is 2.28. The molecular formula is C13H15IN4O. The van der Waals surface area contributed by atoms with E-state index in [9.17, 15) is 4.79 Å². The number of nitrogens with zero attached hydrogens (tertiary/aromatic N) is 2. The lowest BCUT2D eigenvalue weighted by atomic mass is 10.3. The number of benzene rings is 1. The fourth-order valence-corrected chi connectivity index (χ4v) is 2.61. The molecule has 1 aromatic carbocycles. The van der Waals surface area contributed by atoms with Gasteiger partial charge in [0.1, 0.15) is 0 Å². The van der Waals surface area contributed by atoms with Crippen LogP contribution in [-0.4, -0.2) is 22.0 Å². The Hall–Kier alpha value is -1.31. The number of carbonyl (C=O) groups excluding carboxylic acids is 1. The van der Waals surface area contributed by atoms with Crippen LogP contribution >= 0.6 is 22.6 Å². The number of nitrogens with one attached hydrogen (secondary N) is 1. The van der Waals surface area contributed by atoms with Crippen LogP contribution in [0, 0.1) is 9.49 Å². The third-order valence-corrected chi connectivity index (χ3v) is 3.99. The van der Waals surface area contributed by atoms with Gasteiger partial charge >= 0.3 is 0 Å². The minimum absolute atomic E-state index is 0.164. The van der Waals surface area contributed by atoms with Crippen molar-refractivity contribution in [3.05, 3.63) is 21.8 Å². The Kier molecular flexibility index (Phi) is 3.34. The van der Waals surface area contributed by atoms with Crippen LogP contribution in [0.5, 0.6) is 0 Å². The van der Waals surface area contributed by atoms with Crippen LogP contribution in [0.15, 0.2) is 18.2 Å². The SMILES string of the molecule is Nc1nc2cc(I)ccc2n1CCNC(=O)C1CC1. The first-order valence-corrected chi connectivity index (χ1v) is 7.42. The van der Waals surface area contributed by atoms with E-state index in [1.54, 1.807) is 0 Å². The third-order valence-electron chi connectivity index (χ3n) is 3.32. The maximum absolute atomic E-state index is 11.6. The Morgan fingerprint density at radius 3 is 3.05 bits per heavy atom. The monoisotopic (exact) mass is 370 g/mol. The van der Waals surface area contributed by atoms with Gasteiger partial charge in [0.05, 0.1) is 11.0 Å². The van der Waals surface area contributed by atoms with Gasteiger partial charge in [-0.1, -0.05) is 0 Å². The molecule has 0 aliphatic heterocycles. The van der Waals surface area contributed by atoms with E-state index >= 15 is 0 Å². The normalized spacial score (nSPS) is 14.8. The van der Waals surface area contributed by atoms with E-state index in [0.29, 0.717) is 19.0 Å². The average Bonchev–Trinajstić information content (AvgIpc) is 3.16. The first kappa shape index (κ1) is 12.7. The van der Waals surface area contributed by atoms with Crippen LogP contribution in [0.2, 0.25) is 0 Å². The molecule has 0 bridgehead atoms. The van der Waals surface area contributed by atoms with E-state index in [0.717, 1.165) is 27.4 Å². The Morgan fingerprint density at radius 1 is 1.53 bits per heavy atom. The van der Waals surface area contributed by atoms with Crippen molar-refractivity contribution in [2.45, 2.75) is 19.4 Å². The van der Waals surface area contributed by atoms with Gasteiger partial charge in [0.25, 0.3) is 0 Å². The van der Waals surface area contributed by atoms with Gasteiger partial charge in [-0.15, -0.1) is 0 Å². The summed E-state index contributed by atoms with van der Waals surface area (Å²) < 4.78 is 3.08. The number of anilines is 1. The van der Waals surface area contributed by atoms with Crippen LogP contribution in [-0.2, 0) is 11.3 Å². The molecule has 1 aliphatic carbocycles. The number of hydrogen-bond donors (Lipinski definition) is 2. The number of rotatable bonds is 4. The number of fused-ring (bicyclic) bond motifs is 1. The second-order valence-corrected chi connectivity index (χ2v) is 6.07. The van der Waals surface area contributed by atoms with Crippen molar-refractivity contribution in [1.82, 2.24) is 14.9 Å². The van der Waals surface area contributed by atoms with Crippen molar-refractivity contribution < 1.29 is 4.79 Å². The Morgan fingerprint density at radius 2 is 2.32 bits per heavy atom. The minimum atomic E-state index is 0.164. The summed E-state index contributed by atoms with van der Waals surface area (Å²) >= 11 is 2.25. The van der Waals surface area contributed by atoms with E-state index in [2.05, 4.69) is 32.9 Å². The first-order chi connectivity index (χ1) is 9.15. The highest BCUT2D eigenvalue weighted by Gasteiger charge is 2.29. The minimum Gasteiger partial charge on any atom is -0.369 e. The molecule has 0 unspecified atom stereocenters. The van der Waals surface area contributed by atoms with Crippen LogP contribution in [0.4, 0.5) is 5.95 Å². The molecule has 0 spiro atoms. The molecule has 3 rings (SSSR count). The molecule has 1 aliphatic rings. The number of amides is 1. The number of nitrogen functional groups attached to an aromatic ring is 1. The number of hydrogen-bond acceptors (Lipinski definition) is 3. The standard InChI is InChI=1S/C13H15IN4O/c14-9-3-4-11-10(7-9)17-13(15)18(11)6-5-16-12(19)8-1-2-8/h3-4,7-8H,1-2,5-6H2,(H2,15,17)(H,16,19). The first-order valence-electron chi connectivity index (χ1n) is 6.34. The molecule has 0 radical (unpaired) electrons. The van der Waals surface area contributed by atoms with Gasteiger partial charge in [-0.05, 0) is 53.6 Å². The fraction of sp³-hybridized carbons (Fsp3) is 0.385. The smallest absolute Gasteiger partial charge is 0.223 e. The quantitative estimate of drug-likeness (QED) is 0.806. The summed E-state index contributed by atoms with van der Waals surface area (Å²) in [6, 6.07) is 6.05. The molecule has 0 saturated heterocycles. The summed E-state index contributed by atoms with van der Waals surface area (Å²) in [7, 11) is 0. The van der Waals surface area contributed by atoms with Gasteiger partial charge in [0.2, 0.25) is 11.9 Å². The molecule has 1 aromatic heterocycles. The maximum atomic E-state index is 11.6. The van der Waals surface area contributed by atoms with E-state index in [1.807, 2.05) is 22.8 Å². The molecule has 1 amide bonds. The molecule has 0 atom stereocenters. The number of carbonyl (C=O) groups is 1. The summed E-state index contributed by atoms with van der Waals surface area (Å²) in [6.45, 7) is 1.25. The highest BCUT2D eigenvalue weighted by atomic mass is 127. The molecular weight excluding hydrogens is 355 g/mol. The summed E-state index contributed by atoms with van der Waals surface area (Å²) in [6.07, 6.45) is 2.06. The molecule has 1 saturated carbocycles. The summed E-state index contributed by atoms with van der Waals surface area (Å²) in [4.78, 5) is 15.9. The van der Waals surface area contributed by atoms with Crippen LogP contribution in [0.1, 0.15) is 12.8 Å². The van der Waals surface area contributed by atoms with Gasteiger partial charge in [-0.2, -0.15) is 0 Å². The maximum Gasteiger partial charge on any atom is 0.223 e. The van der Waals surface area contributed by atoms with Crippen LogP contribution < -0.4 is 11.1 Å². The third kappa shape index (κ3) is 2.68. The Bertz CT molecular complexity index is 633. The van der Waals surface area contributed by atoms with Crippen molar-refractivity contribution in [3.63, 3.8) is 0 Å². The molecule has 1 fully saturated rings. The molecule has 1 heterocycles. The van der Waals surface area contributed by atoms with Gasteiger partial charge in [-0.25, -0.2) is 4.98 Å². The van der Waals surface area contributed by atoms with Crippen molar-refractivity contribution >= 4 is 45.5 Å². The molecule has 3 N–H and O–H groups in total. The molecule has 100 valence electrons. The Balaban J connectivity index is 1.72. The number of imidazole rings is 1. The number of aromatic nitrogens is 2. The lowest BCUT2D eigenvalue weighted by molar-refractivity contribution is -0.122. The zero-order valence-electron chi connectivity index (χ0n) is 10.4. The fourth-order valence-electron chi connectivity index (χ4n) is 2.14.